The van der Waals surface area contributed by atoms with Crippen LogP contribution in [0, 0.1) is 29.0 Å². The zero-order valence-electron chi connectivity index (χ0n) is 12.1. The second-order valence-corrected chi connectivity index (χ2v) is 8.05. The molecule has 1 aromatic carbocycles. The van der Waals surface area contributed by atoms with Crippen molar-refractivity contribution in [2.45, 2.75) is 44.9 Å². The van der Waals surface area contributed by atoms with Gasteiger partial charge in [-0.2, -0.15) is 0 Å². The third-order valence-electron chi connectivity index (χ3n) is 5.93. The van der Waals surface area contributed by atoms with E-state index in [2.05, 4.69) is 0 Å². The van der Waals surface area contributed by atoms with Crippen LogP contribution in [0.25, 0.3) is 0 Å². The van der Waals surface area contributed by atoms with Crippen LogP contribution in [0.4, 0.5) is 4.39 Å². The Labute approximate surface area is 129 Å². The molecule has 4 aliphatic rings. The fourth-order valence-electron chi connectivity index (χ4n) is 5.65. The van der Waals surface area contributed by atoms with E-state index in [-0.39, 0.29) is 17.0 Å². The van der Waals surface area contributed by atoms with Gasteiger partial charge in [-0.25, -0.2) is 4.39 Å². The highest BCUT2D eigenvalue weighted by molar-refractivity contribution is 6.34. The summed E-state index contributed by atoms with van der Waals surface area (Å²) in [6.07, 6.45) is 8.24. The van der Waals surface area contributed by atoms with E-state index in [0.29, 0.717) is 17.0 Å². The summed E-state index contributed by atoms with van der Waals surface area (Å²) in [5.41, 5.74) is 0.550. The molecule has 4 aliphatic carbocycles. The van der Waals surface area contributed by atoms with Crippen molar-refractivity contribution in [1.29, 1.82) is 0 Å². The molecule has 0 aliphatic heterocycles. The summed E-state index contributed by atoms with van der Waals surface area (Å²) in [6.45, 7) is 0. The first-order chi connectivity index (χ1) is 10.0. The predicted octanol–water partition coefficient (Wildman–Crippen LogP) is 5.27. The van der Waals surface area contributed by atoms with Crippen molar-refractivity contribution in [3.05, 3.63) is 34.6 Å². The van der Waals surface area contributed by atoms with Crippen molar-refractivity contribution >= 4 is 17.4 Å². The molecule has 0 amide bonds. The molecule has 1 nitrogen and oxygen atoms in total. The van der Waals surface area contributed by atoms with E-state index in [0.717, 1.165) is 17.8 Å². The number of benzene rings is 1. The molecule has 4 saturated carbocycles. The van der Waals surface area contributed by atoms with E-state index in [9.17, 15) is 9.18 Å². The highest BCUT2D eigenvalue weighted by Crippen LogP contribution is 2.61. The molecule has 4 fully saturated rings. The van der Waals surface area contributed by atoms with Crippen LogP contribution in [0.1, 0.15) is 55.3 Å². The van der Waals surface area contributed by atoms with Crippen LogP contribution in [0.5, 0.6) is 0 Å². The van der Waals surface area contributed by atoms with Crippen molar-refractivity contribution in [3.63, 3.8) is 0 Å². The Morgan fingerprint density at radius 2 is 1.71 bits per heavy atom. The van der Waals surface area contributed by atoms with Gasteiger partial charge in [-0.3, -0.25) is 4.79 Å². The van der Waals surface area contributed by atoms with Crippen LogP contribution in [0.15, 0.2) is 18.2 Å². The van der Waals surface area contributed by atoms with E-state index in [1.54, 1.807) is 0 Å². The highest BCUT2D eigenvalue weighted by Gasteiger charge is 2.51. The van der Waals surface area contributed by atoms with Gasteiger partial charge in [0.2, 0.25) is 0 Å². The molecule has 0 heterocycles. The lowest BCUT2D eigenvalue weighted by Crippen LogP contribution is -2.46. The van der Waals surface area contributed by atoms with Gasteiger partial charge in [-0.15, -0.1) is 0 Å². The first-order valence-corrected chi connectivity index (χ1v) is 8.39. The first kappa shape index (κ1) is 13.8. The van der Waals surface area contributed by atoms with Gasteiger partial charge < -0.3 is 0 Å². The highest BCUT2D eigenvalue weighted by atomic mass is 35.5. The molecule has 0 aromatic heterocycles. The van der Waals surface area contributed by atoms with Gasteiger partial charge in [-0.05, 0) is 79.9 Å². The molecule has 0 unspecified atom stereocenters. The molecule has 0 spiro atoms. The fourth-order valence-corrected chi connectivity index (χ4v) is 5.88. The number of hydrogen-bond donors (Lipinski definition) is 0. The van der Waals surface area contributed by atoms with Crippen molar-refractivity contribution < 1.29 is 9.18 Å². The van der Waals surface area contributed by atoms with Crippen LogP contribution in [-0.4, -0.2) is 5.78 Å². The maximum Gasteiger partial charge on any atom is 0.165 e. The Balaban J connectivity index is 1.58. The number of ketones is 1. The predicted molar refractivity (Wildman–Crippen MR) is 81.0 cm³/mol. The third kappa shape index (κ3) is 2.42. The summed E-state index contributed by atoms with van der Waals surface area (Å²) in [7, 11) is 0. The number of carbonyl (C=O) groups excluding carboxylic acids is 1. The second kappa shape index (κ2) is 4.81. The van der Waals surface area contributed by atoms with Crippen molar-refractivity contribution in [3.8, 4) is 0 Å². The lowest BCUT2D eigenvalue weighted by atomic mass is 9.48. The normalized spacial score (nSPS) is 37.0. The summed E-state index contributed by atoms with van der Waals surface area (Å²) in [6, 6.07) is 4.10. The maximum absolute atomic E-state index is 13.4. The minimum Gasteiger partial charge on any atom is -0.294 e. The van der Waals surface area contributed by atoms with E-state index < -0.39 is 0 Å². The first-order valence-electron chi connectivity index (χ1n) is 8.01. The van der Waals surface area contributed by atoms with Gasteiger partial charge in [0.25, 0.3) is 0 Å². The minimum absolute atomic E-state index is 0.0291. The maximum atomic E-state index is 13.4. The van der Waals surface area contributed by atoms with Crippen LogP contribution in [-0.2, 0) is 0 Å². The molecular weight excluding hydrogens is 287 g/mol. The van der Waals surface area contributed by atoms with Gasteiger partial charge in [0.05, 0.1) is 5.02 Å². The summed E-state index contributed by atoms with van der Waals surface area (Å²) in [5, 5.41) is 0.381. The molecule has 5 rings (SSSR count). The van der Waals surface area contributed by atoms with Crippen LogP contribution >= 0.6 is 11.6 Å². The monoisotopic (exact) mass is 306 g/mol. The smallest absolute Gasteiger partial charge is 0.165 e. The molecule has 0 N–H and O–H groups in total. The SMILES string of the molecule is O=C(CC12CC3CC(CC(C3)C1)C2)c1cc(F)ccc1Cl. The van der Waals surface area contributed by atoms with Gasteiger partial charge in [0, 0.05) is 12.0 Å². The number of hydrogen-bond acceptors (Lipinski definition) is 1. The Kier molecular flexibility index (Phi) is 3.15. The molecule has 0 saturated heterocycles. The van der Waals surface area contributed by atoms with Gasteiger partial charge in [0.1, 0.15) is 5.82 Å². The van der Waals surface area contributed by atoms with Crippen LogP contribution < -0.4 is 0 Å². The minimum atomic E-state index is -0.381. The Morgan fingerprint density at radius 3 is 2.29 bits per heavy atom. The second-order valence-electron chi connectivity index (χ2n) is 7.64. The van der Waals surface area contributed by atoms with E-state index in [1.807, 2.05) is 0 Å². The lowest BCUT2D eigenvalue weighted by molar-refractivity contribution is -0.0524. The zero-order valence-corrected chi connectivity index (χ0v) is 12.8. The Hall–Kier alpha value is -0.890. The molecular formula is C18H20ClFO. The molecule has 21 heavy (non-hydrogen) atoms. The molecule has 3 heteroatoms. The molecule has 0 radical (unpaired) electrons. The number of halogens is 2. The van der Waals surface area contributed by atoms with E-state index >= 15 is 0 Å². The topological polar surface area (TPSA) is 17.1 Å². The molecule has 1 aromatic rings. The fraction of sp³-hybridized carbons (Fsp3) is 0.611. The van der Waals surface area contributed by atoms with Crippen molar-refractivity contribution in [1.82, 2.24) is 0 Å². The number of rotatable bonds is 3. The molecule has 0 atom stereocenters. The lowest BCUT2D eigenvalue weighted by Gasteiger charge is -2.56. The molecule has 112 valence electrons. The van der Waals surface area contributed by atoms with Crippen molar-refractivity contribution in [2.24, 2.45) is 23.2 Å². The van der Waals surface area contributed by atoms with E-state index in [1.165, 1.54) is 56.7 Å². The van der Waals surface area contributed by atoms with Gasteiger partial charge in [0.15, 0.2) is 5.78 Å². The van der Waals surface area contributed by atoms with Gasteiger partial charge in [-0.1, -0.05) is 11.6 Å². The van der Waals surface area contributed by atoms with Crippen molar-refractivity contribution in [2.75, 3.05) is 0 Å². The van der Waals surface area contributed by atoms with Gasteiger partial charge >= 0.3 is 0 Å². The Bertz CT molecular complexity index is 560. The summed E-state index contributed by atoms with van der Waals surface area (Å²) < 4.78 is 13.4. The summed E-state index contributed by atoms with van der Waals surface area (Å²) in [4.78, 5) is 12.7. The zero-order chi connectivity index (χ0) is 14.6. The number of carbonyl (C=O) groups is 1. The summed E-state index contributed by atoms with van der Waals surface area (Å²) >= 11 is 6.09. The molecule has 4 bridgehead atoms. The van der Waals surface area contributed by atoms with E-state index in [4.69, 9.17) is 11.6 Å². The average molecular weight is 307 g/mol. The average Bonchev–Trinajstić information content (AvgIpc) is 2.39. The number of Topliss-reactive ketones (excluding diaryl/α,β-unsaturated/α-hetero) is 1. The summed E-state index contributed by atoms with van der Waals surface area (Å²) in [5.74, 6) is 2.13. The standard InChI is InChI=1S/C18H20ClFO/c19-16-2-1-14(20)6-15(16)17(21)10-18-7-11-3-12(8-18)5-13(4-11)9-18/h1-2,6,11-13H,3-5,7-10H2. The largest absolute Gasteiger partial charge is 0.294 e. The third-order valence-corrected chi connectivity index (χ3v) is 6.26. The Morgan fingerprint density at radius 1 is 1.14 bits per heavy atom. The van der Waals surface area contributed by atoms with Crippen LogP contribution in [0.2, 0.25) is 5.02 Å². The quantitative estimate of drug-likeness (QED) is 0.695. The van der Waals surface area contributed by atoms with Crippen LogP contribution in [0.3, 0.4) is 0 Å².